The molecule has 0 saturated heterocycles. The molecule has 0 aromatic heterocycles. The lowest BCUT2D eigenvalue weighted by Gasteiger charge is -2.11. The van der Waals surface area contributed by atoms with Crippen molar-refractivity contribution in [1.29, 1.82) is 0 Å². The van der Waals surface area contributed by atoms with Gasteiger partial charge in [0.05, 0.1) is 10.5 Å². The molecule has 0 aliphatic carbocycles. The topological polar surface area (TPSA) is 89.3 Å². The van der Waals surface area contributed by atoms with Crippen LogP contribution in [0.15, 0.2) is 47.4 Å². The van der Waals surface area contributed by atoms with Gasteiger partial charge in [-0.15, -0.1) is 0 Å². The first kappa shape index (κ1) is 18.9. The Bertz CT molecular complexity index is 894. The van der Waals surface area contributed by atoms with E-state index in [0.29, 0.717) is 11.6 Å². The van der Waals surface area contributed by atoms with Crippen molar-refractivity contribution in [2.45, 2.75) is 17.6 Å². The number of alkyl halides is 3. The summed E-state index contributed by atoms with van der Waals surface area (Å²) in [5, 5.41) is 0. The first-order valence-corrected chi connectivity index (χ1v) is 8.24. The molecule has 0 aliphatic rings. The van der Waals surface area contributed by atoms with Crippen molar-refractivity contribution >= 4 is 15.9 Å². The first-order valence-electron chi connectivity index (χ1n) is 6.76. The third-order valence-electron chi connectivity index (χ3n) is 3.26. The van der Waals surface area contributed by atoms with E-state index in [9.17, 15) is 30.8 Å². The molecule has 2 aromatic carbocycles. The van der Waals surface area contributed by atoms with Crippen LogP contribution >= 0.6 is 0 Å². The highest BCUT2D eigenvalue weighted by Gasteiger charge is 2.35. The van der Waals surface area contributed by atoms with E-state index in [0.717, 1.165) is 6.07 Å². The summed E-state index contributed by atoms with van der Waals surface area (Å²) in [6.45, 7) is -0.236. The molecule has 0 saturated carbocycles. The van der Waals surface area contributed by atoms with Crippen LogP contribution in [-0.2, 0) is 22.7 Å². The van der Waals surface area contributed by atoms with E-state index in [1.54, 1.807) is 0 Å². The van der Waals surface area contributed by atoms with E-state index in [2.05, 4.69) is 4.72 Å². The minimum atomic E-state index is -5.01. The fourth-order valence-electron chi connectivity index (χ4n) is 1.94. The van der Waals surface area contributed by atoms with Crippen molar-refractivity contribution in [2.24, 2.45) is 5.73 Å². The number of nitrogens with two attached hydrogens (primary N) is 1. The zero-order valence-corrected chi connectivity index (χ0v) is 13.3. The normalized spacial score (nSPS) is 12.2. The van der Waals surface area contributed by atoms with Crippen molar-refractivity contribution in [2.75, 3.05) is 0 Å². The van der Waals surface area contributed by atoms with Gasteiger partial charge in [-0.25, -0.2) is 17.5 Å². The maximum Gasteiger partial charge on any atom is 0.419 e. The van der Waals surface area contributed by atoms with E-state index in [-0.39, 0.29) is 18.2 Å². The molecule has 0 bridgehead atoms. The number of sulfonamides is 1. The van der Waals surface area contributed by atoms with Crippen LogP contribution in [0.2, 0.25) is 0 Å². The number of carbonyl (C=O) groups excluding carboxylic acids is 1. The minimum Gasteiger partial charge on any atom is -0.366 e. The van der Waals surface area contributed by atoms with E-state index in [4.69, 9.17) is 5.73 Å². The lowest BCUT2D eigenvalue weighted by atomic mass is 10.1. The van der Waals surface area contributed by atoms with Crippen molar-refractivity contribution in [1.82, 2.24) is 4.72 Å². The third-order valence-corrected chi connectivity index (χ3v) is 4.66. The molecule has 0 aliphatic heterocycles. The van der Waals surface area contributed by atoms with Crippen LogP contribution in [0.25, 0.3) is 0 Å². The SMILES string of the molecule is NC(=O)c1ccc(CNS(=O)(=O)c2ccc(F)c(C(F)(F)F)c2)cc1. The summed E-state index contributed by atoms with van der Waals surface area (Å²) in [6.07, 6.45) is -5.01. The van der Waals surface area contributed by atoms with Gasteiger partial charge in [-0.2, -0.15) is 13.2 Å². The number of halogens is 4. The highest BCUT2D eigenvalue weighted by molar-refractivity contribution is 7.89. The van der Waals surface area contributed by atoms with Crippen molar-refractivity contribution in [3.8, 4) is 0 Å². The zero-order chi connectivity index (χ0) is 18.8. The molecule has 1 amide bonds. The molecule has 134 valence electrons. The Kier molecular flexibility index (Phi) is 5.14. The summed E-state index contributed by atoms with van der Waals surface area (Å²) >= 11 is 0. The highest BCUT2D eigenvalue weighted by atomic mass is 32.2. The number of carbonyl (C=O) groups is 1. The van der Waals surface area contributed by atoms with Gasteiger partial charge in [0.25, 0.3) is 0 Å². The lowest BCUT2D eigenvalue weighted by molar-refractivity contribution is -0.140. The molecule has 2 aromatic rings. The molecule has 25 heavy (non-hydrogen) atoms. The van der Waals surface area contributed by atoms with Gasteiger partial charge >= 0.3 is 6.18 Å². The van der Waals surface area contributed by atoms with Gasteiger partial charge in [-0.3, -0.25) is 4.79 Å². The number of rotatable bonds is 5. The summed E-state index contributed by atoms with van der Waals surface area (Å²) in [5.41, 5.74) is 4.08. The number of nitrogens with one attached hydrogen (secondary N) is 1. The van der Waals surface area contributed by atoms with Crippen molar-refractivity contribution < 1.29 is 30.8 Å². The van der Waals surface area contributed by atoms with Crippen LogP contribution < -0.4 is 10.5 Å². The summed E-state index contributed by atoms with van der Waals surface area (Å²) in [4.78, 5) is 10.2. The smallest absolute Gasteiger partial charge is 0.366 e. The minimum absolute atomic E-state index is 0.222. The van der Waals surface area contributed by atoms with E-state index in [1.807, 2.05) is 0 Å². The van der Waals surface area contributed by atoms with Crippen LogP contribution in [0.4, 0.5) is 17.6 Å². The van der Waals surface area contributed by atoms with Gasteiger partial charge in [0.1, 0.15) is 5.82 Å². The molecular formula is C15H12F4N2O3S. The van der Waals surface area contributed by atoms with Gasteiger partial charge in [-0.1, -0.05) is 12.1 Å². The van der Waals surface area contributed by atoms with Crippen LogP contribution in [0.1, 0.15) is 21.5 Å². The molecule has 0 spiro atoms. The largest absolute Gasteiger partial charge is 0.419 e. The average Bonchev–Trinajstić information content (AvgIpc) is 2.52. The quantitative estimate of drug-likeness (QED) is 0.786. The zero-order valence-electron chi connectivity index (χ0n) is 12.5. The van der Waals surface area contributed by atoms with Gasteiger partial charge in [0, 0.05) is 12.1 Å². The number of hydrogen-bond acceptors (Lipinski definition) is 3. The second kappa shape index (κ2) is 6.81. The van der Waals surface area contributed by atoms with Gasteiger partial charge < -0.3 is 5.73 Å². The maximum absolute atomic E-state index is 13.2. The number of benzene rings is 2. The van der Waals surface area contributed by atoms with Gasteiger partial charge in [-0.05, 0) is 35.9 Å². The molecule has 0 radical (unpaired) electrons. The summed E-state index contributed by atoms with van der Waals surface area (Å²) in [5.74, 6) is -2.22. The van der Waals surface area contributed by atoms with Gasteiger partial charge in [0.2, 0.25) is 15.9 Å². The van der Waals surface area contributed by atoms with E-state index < -0.39 is 38.4 Å². The standard InChI is InChI=1S/C15H12F4N2O3S/c16-13-6-5-11(7-12(13)15(17,18)19)25(23,24)21-8-9-1-3-10(4-2-9)14(20)22/h1-7,21H,8H2,(H2,20,22). The first-order chi connectivity index (χ1) is 11.5. The van der Waals surface area contributed by atoms with Crippen molar-refractivity contribution in [3.05, 3.63) is 65.0 Å². The second-order valence-electron chi connectivity index (χ2n) is 5.03. The van der Waals surface area contributed by atoms with E-state index >= 15 is 0 Å². The lowest BCUT2D eigenvalue weighted by Crippen LogP contribution is -2.24. The Morgan fingerprint density at radius 1 is 1.08 bits per heavy atom. The third kappa shape index (κ3) is 4.54. The Balaban J connectivity index is 2.20. The molecule has 3 N–H and O–H groups in total. The predicted molar refractivity (Wildman–Crippen MR) is 80.4 cm³/mol. The predicted octanol–water partition coefficient (Wildman–Crippen LogP) is 2.42. The van der Waals surface area contributed by atoms with Crippen molar-refractivity contribution in [3.63, 3.8) is 0 Å². The summed E-state index contributed by atoms with van der Waals surface area (Å²) < 4.78 is 77.6. The van der Waals surface area contributed by atoms with Crippen LogP contribution in [0, 0.1) is 5.82 Å². The molecule has 2 rings (SSSR count). The molecule has 10 heteroatoms. The second-order valence-corrected chi connectivity index (χ2v) is 6.79. The Labute approximate surface area is 140 Å². The molecule has 0 fully saturated rings. The maximum atomic E-state index is 13.2. The highest BCUT2D eigenvalue weighted by Crippen LogP contribution is 2.32. The molecule has 0 unspecified atom stereocenters. The molecule has 0 heterocycles. The number of primary amides is 1. The average molecular weight is 376 g/mol. The number of hydrogen-bond donors (Lipinski definition) is 2. The van der Waals surface area contributed by atoms with Crippen LogP contribution in [-0.4, -0.2) is 14.3 Å². The molecular weight excluding hydrogens is 364 g/mol. The molecule has 5 nitrogen and oxygen atoms in total. The Morgan fingerprint density at radius 2 is 1.68 bits per heavy atom. The Hall–Kier alpha value is -2.46. The fourth-order valence-corrected chi connectivity index (χ4v) is 2.98. The fraction of sp³-hybridized carbons (Fsp3) is 0.133. The monoisotopic (exact) mass is 376 g/mol. The summed E-state index contributed by atoms with van der Waals surface area (Å²) in [7, 11) is -4.29. The number of amides is 1. The van der Waals surface area contributed by atoms with Gasteiger partial charge in [0.15, 0.2) is 0 Å². The Morgan fingerprint density at radius 3 is 2.20 bits per heavy atom. The summed E-state index contributed by atoms with van der Waals surface area (Å²) in [6, 6.07) is 7.05. The molecule has 0 atom stereocenters. The van der Waals surface area contributed by atoms with Crippen LogP contribution in [0.5, 0.6) is 0 Å². The van der Waals surface area contributed by atoms with Crippen LogP contribution in [0.3, 0.4) is 0 Å². The van der Waals surface area contributed by atoms with E-state index in [1.165, 1.54) is 24.3 Å².